The van der Waals surface area contributed by atoms with Gasteiger partial charge in [-0.15, -0.1) is 11.3 Å². The van der Waals surface area contributed by atoms with Gasteiger partial charge in [0.05, 0.1) is 10.7 Å². The molecule has 17 heavy (non-hydrogen) atoms. The third-order valence-corrected chi connectivity index (χ3v) is 4.47. The van der Waals surface area contributed by atoms with E-state index in [0.717, 1.165) is 31.8 Å². The molecule has 3 nitrogen and oxygen atoms in total. The van der Waals surface area contributed by atoms with Gasteiger partial charge in [-0.2, -0.15) is 0 Å². The van der Waals surface area contributed by atoms with Gasteiger partial charge in [-0.1, -0.05) is 6.92 Å². The molecule has 1 aliphatic rings. The second kappa shape index (κ2) is 6.47. The van der Waals surface area contributed by atoms with Crippen LogP contribution in [0.1, 0.15) is 36.9 Å². The van der Waals surface area contributed by atoms with E-state index in [1.165, 1.54) is 36.6 Å². The Labute approximate surface area is 108 Å². The smallest absolute Gasteiger partial charge is 0.0943 e. The van der Waals surface area contributed by atoms with Crippen molar-refractivity contribution in [1.29, 1.82) is 0 Å². The van der Waals surface area contributed by atoms with Crippen LogP contribution >= 0.6 is 11.3 Å². The molecular formula is C13H23N3S. The Balaban J connectivity index is 1.87. The van der Waals surface area contributed by atoms with Crippen molar-refractivity contribution in [2.24, 2.45) is 5.73 Å². The molecule has 0 saturated carbocycles. The monoisotopic (exact) mass is 253 g/mol. The molecule has 2 rings (SSSR count). The molecule has 2 N–H and O–H groups in total. The fraction of sp³-hybridized carbons (Fsp3) is 0.769. The highest BCUT2D eigenvalue weighted by molar-refractivity contribution is 7.09. The highest BCUT2D eigenvalue weighted by Crippen LogP contribution is 2.22. The van der Waals surface area contributed by atoms with Gasteiger partial charge in [0.25, 0.3) is 0 Å². The fourth-order valence-electron chi connectivity index (χ4n) is 2.58. The fourth-order valence-corrected chi connectivity index (χ4v) is 3.49. The molecule has 96 valence electrons. The first-order valence-corrected chi connectivity index (χ1v) is 7.58. The maximum Gasteiger partial charge on any atom is 0.0943 e. The van der Waals surface area contributed by atoms with E-state index >= 15 is 0 Å². The number of aromatic nitrogens is 1. The average molecular weight is 253 g/mol. The number of hydrogen-bond donors (Lipinski definition) is 1. The summed E-state index contributed by atoms with van der Waals surface area (Å²) in [5.41, 5.74) is 6.75. The van der Waals surface area contributed by atoms with E-state index in [9.17, 15) is 0 Å². The maximum atomic E-state index is 5.52. The summed E-state index contributed by atoms with van der Waals surface area (Å²) in [4.78, 5) is 7.30. The van der Waals surface area contributed by atoms with Gasteiger partial charge in [0.2, 0.25) is 0 Å². The Kier molecular flexibility index (Phi) is 4.95. The molecule has 0 aliphatic carbocycles. The molecule has 4 heteroatoms. The third kappa shape index (κ3) is 3.50. The Bertz CT molecular complexity index is 337. The summed E-state index contributed by atoms with van der Waals surface area (Å²) in [5.74, 6) is 0. The molecule has 1 aliphatic heterocycles. The van der Waals surface area contributed by atoms with E-state index in [2.05, 4.69) is 17.2 Å². The standard InChI is InChI=1S/C13H23N3S/c1-2-16-8-4-6-12(16)9-13-15-11(10-17-13)5-3-7-14/h10,12H,2-9,14H2,1H3. The van der Waals surface area contributed by atoms with E-state index in [1.807, 2.05) is 11.3 Å². The van der Waals surface area contributed by atoms with Gasteiger partial charge in [0.15, 0.2) is 0 Å². The number of rotatable bonds is 6. The molecule has 1 unspecified atom stereocenters. The largest absolute Gasteiger partial charge is 0.330 e. The molecular weight excluding hydrogens is 230 g/mol. The van der Waals surface area contributed by atoms with Crippen molar-refractivity contribution >= 4 is 11.3 Å². The van der Waals surface area contributed by atoms with Crippen LogP contribution in [0.2, 0.25) is 0 Å². The maximum absolute atomic E-state index is 5.52. The Morgan fingerprint density at radius 2 is 2.47 bits per heavy atom. The molecule has 0 amide bonds. The topological polar surface area (TPSA) is 42.2 Å². The van der Waals surface area contributed by atoms with Gasteiger partial charge in [-0.25, -0.2) is 4.98 Å². The summed E-state index contributed by atoms with van der Waals surface area (Å²) in [6, 6.07) is 0.730. The minimum atomic E-state index is 0.730. The van der Waals surface area contributed by atoms with Crippen LogP contribution in [0.3, 0.4) is 0 Å². The van der Waals surface area contributed by atoms with Crippen LogP contribution < -0.4 is 5.73 Å². The van der Waals surface area contributed by atoms with Gasteiger partial charge >= 0.3 is 0 Å². The molecule has 1 aromatic heterocycles. The van der Waals surface area contributed by atoms with E-state index in [0.29, 0.717) is 0 Å². The van der Waals surface area contributed by atoms with Crippen molar-refractivity contribution in [3.63, 3.8) is 0 Å². The van der Waals surface area contributed by atoms with Crippen LogP contribution in [-0.4, -0.2) is 35.6 Å². The first-order chi connectivity index (χ1) is 8.33. The normalized spacial score (nSPS) is 21.2. The summed E-state index contributed by atoms with van der Waals surface area (Å²) in [6.07, 6.45) is 5.92. The van der Waals surface area contributed by atoms with Crippen LogP contribution in [0.5, 0.6) is 0 Å². The van der Waals surface area contributed by atoms with Crippen LogP contribution in [0.15, 0.2) is 5.38 Å². The highest BCUT2D eigenvalue weighted by Gasteiger charge is 2.23. The molecule has 1 fully saturated rings. The van der Waals surface area contributed by atoms with E-state index < -0.39 is 0 Å². The van der Waals surface area contributed by atoms with Gasteiger partial charge in [-0.05, 0) is 45.3 Å². The Morgan fingerprint density at radius 3 is 3.24 bits per heavy atom. The Hall–Kier alpha value is -0.450. The summed E-state index contributed by atoms with van der Waals surface area (Å²) in [6.45, 7) is 5.47. The zero-order valence-corrected chi connectivity index (χ0v) is 11.5. The summed E-state index contributed by atoms with van der Waals surface area (Å²) in [7, 11) is 0. The molecule has 2 heterocycles. The number of likely N-dealkylation sites (N-methyl/N-ethyl adjacent to an activating group) is 1. The van der Waals surface area contributed by atoms with Crippen molar-refractivity contribution in [1.82, 2.24) is 9.88 Å². The van der Waals surface area contributed by atoms with Crippen molar-refractivity contribution in [2.75, 3.05) is 19.6 Å². The molecule has 0 radical (unpaired) electrons. The van der Waals surface area contributed by atoms with Crippen LogP contribution in [0, 0.1) is 0 Å². The quantitative estimate of drug-likeness (QED) is 0.844. The van der Waals surface area contributed by atoms with Gasteiger partial charge in [-0.3, -0.25) is 0 Å². The lowest BCUT2D eigenvalue weighted by atomic mass is 10.1. The second-order valence-corrected chi connectivity index (χ2v) is 5.70. The number of thiazole rings is 1. The molecule has 0 spiro atoms. The van der Waals surface area contributed by atoms with E-state index in [-0.39, 0.29) is 0 Å². The van der Waals surface area contributed by atoms with Crippen LogP contribution in [0.25, 0.3) is 0 Å². The average Bonchev–Trinajstić information content (AvgIpc) is 2.96. The summed E-state index contributed by atoms with van der Waals surface area (Å²) >= 11 is 1.82. The molecule has 1 atom stereocenters. The zero-order valence-electron chi connectivity index (χ0n) is 10.7. The number of nitrogens with zero attached hydrogens (tertiary/aromatic N) is 2. The molecule has 0 bridgehead atoms. The first kappa shape index (κ1) is 13.0. The predicted molar refractivity (Wildman–Crippen MR) is 73.5 cm³/mol. The lowest BCUT2D eigenvalue weighted by Crippen LogP contribution is -2.30. The minimum absolute atomic E-state index is 0.730. The highest BCUT2D eigenvalue weighted by atomic mass is 32.1. The molecule has 1 saturated heterocycles. The molecule has 1 aromatic rings. The number of nitrogens with two attached hydrogens (primary N) is 1. The third-order valence-electron chi connectivity index (χ3n) is 3.55. The second-order valence-electron chi connectivity index (χ2n) is 4.75. The van der Waals surface area contributed by atoms with Gasteiger partial charge in [0, 0.05) is 17.8 Å². The summed E-state index contributed by atoms with van der Waals surface area (Å²) < 4.78 is 0. The van der Waals surface area contributed by atoms with Crippen LogP contribution in [-0.2, 0) is 12.8 Å². The van der Waals surface area contributed by atoms with Crippen molar-refractivity contribution in [3.8, 4) is 0 Å². The zero-order chi connectivity index (χ0) is 12.1. The van der Waals surface area contributed by atoms with Crippen molar-refractivity contribution in [2.45, 2.75) is 45.1 Å². The number of aryl methyl sites for hydroxylation is 1. The van der Waals surface area contributed by atoms with Crippen molar-refractivity contribution < 1.29 is 0 Å². The van der Waals surface area contributed by atoms with E-state index in [1.54, 1.807) is 0 Å². The van der Waals surface area contributed by atoms with Gasteiger partial charge in [0.1, 0.15) is 0 Å². The van der Waals surface area contributed by atoms with Crippen LogP contribution in [0.4, 0.5) is 0 Å². The number of likely N-dealkylation sites (tertiary alicyclic amines) is 1. The van der Waals surface area contributed by atoms with E-state index in [4.69, 9.17) is 10.7 Å². The lowest BCUT2D eigenvalue weighted by molar-refractivity contribution is 0.266. The summed E-state index contributed by atoms with van der Waals surface area (Å²) in [5, 5.41) is 3.51. The lowest BCUT2D eigenvalue weighted by Gasteiger charge is -2.21. The van der Waals surface area contributed by atoms with Gasteiger partial charge < -0.3 is 10.6 Å². The minimum Gasteiger partial charge on any atom is -0.330 e. The Morgan fingerprint density at radius 1 is 1.59 bits per heavy atom. The van der Waals surface area contributed by atoms with Crippen molar-refractivity contribution in [3.05, 3.63) is 16.1 Å². The predicted octanol–water partition coefficient (Wildman–Crippen LogP) is 2.06. The molecule has 0 aromatic carbocycles. The SMILES string of the molecule is CCN1CCCC1Cc1nc(CCCN)cs1. The first-order valence-electron chi connectivity index (χ1n) is 6.71. The number of hydrogen-bond acceptors (Lipinski definition) is 4.